The minimum atomic E-state index is -0.635. The maximum Gasteiger partial charge on any atom is 0.325 e. The molecule has 16 heavy (non-hydrogen) atoms. The molecule has 0 atom stereocenters. The zero-order chi connectivity index (χ0) is 10.8. The molecule has 2 rings (SSSR count). The van der Waals surface area contributed by atoms with Gasteiger partial charge in [-0.3, -0.25) is 14.8 Å². The predicted molar refractivity (Wildman–Crippen MR) is 58.1 cm³/mol. The van der Waals surface area contributed by atoms with Gasteiger partial charge in [0.1, 0.15) is 5.82 Å². The van der Waals surface area contributed by atoms with Crippen LogP contribution in [0.5, 0.6) is 0 Å². The molecule has 0 spiro atoms. The van der Waals surface area contributed by atoms with E-state index in [0.29, 0.717) is 0 Å². The lowest BCUT2D eigenvalue weighted by Gasteiger charge is -1.99. The maximum atomic E-state index is 13.2. The van der Waals surface area contributed by atoms with Crippen molar-refractivity contribution < 1.29 is 4.39 Å². The van der Waals surface area contributed by atoms with Crippen molar-refractivity contribution in [2.24, 2.45) is 0 Å². The van der Waals surface area contributed by atoms with E-state index in [4.69, 9.17) is 0 Å². The van der Waals surface area contributed by atoms with Gasteiger partial charge in [-0.05, 0) is 6.07 Å². The number of hydrogen-bond acceptors (Lipinski definition) is 3. The van der Waals surface area contributed by atoms with Gasteiger partial charge < -0.3 is 4.98 Å². The monoisotopic (exact) mass is 243 g/mol. The van der Waals surface area contributed by atoms with E-state index < -0.39 is 17.1 Å². The highest BCUT2D eigenvalue weighted by molar-refractivity contribution is 5.85. The van der Waals surface area contributed by atoms with Crippen molar-refractivity contribution in [3.05, 3.63) is 51.3 Å². The topological polar surface area (TPSA) is 78.6 Å². The fraction of sp³-hybridized carbons (Fsp3) is 0. The van der Waals surface area contributed by atoms with E-state index in [-0.39, 0.29) is 23.5 Å². The van der Waals surface area contributed by atoms with E-state index in [1.807, 2.05) is 4.98 Å². The lowest BCUT2D eigenvalue weighted by atomic mass is 10.1. The van der Waals surface area contributed by atoms with Crippen LogP contribution in [0.3, 0.4) is 0 Å². The van der Waals surface area contributed by atoms with Crippen LogP contribution in [0, 0.1) is 5.82 Å². The van der Waals surface area contributed by atoms with Crippen molar-refractivity contribution in [2.45, 2.75) is 0 Å². The molecule has 2 heterocycles. The van der Waals surface area contributed by atoms with Crippen molar-refractivity contribution in [2.75, 3.05) is 0 Å². The molecule has 0 aliphatic heterocycles. The molecule has 0 aromatic carbocycles. The third-order valence-corrected chi connectivity index (χ3v) is 1.88. The van der Waals surface area contributed by atoms with Gasteiger partial charge in [0, 0.05) is 18.0 Å². The van der Waals surface area contributed by atoms with E-state index in [2.05, 4.69) is 9.97 Å². The zero-order valence-corrected chi connectivity index (χ0v) is 8.68. The highest BCUT2D eigenvalue weighted by Crippen LogP contribution is 2.15. The third kappa shape index (κ3) is 2.17. The van der Waals surface area contributed by atoms with Crippen molar-refractivity contribution >= 4 is 12.4 Å². The molecule has 0 bridgehead atoms. The summed E-state index contributed by atoms with van der Waals surface area (Å²) in [6.45, 7) is 0. The van der Waals surface area contributed by atoms with Crippen molar-refractivity contribution in [3.8, 4) is 11.1 Å². The molecule has 2 N–H and O–H groups in total. The van der Waals surface area contributed by atoms with Gasteiger partial charge >= 0.3 is 5.69 Å². The quantitative estimate of drug-likeness (QED) is 0.773. The first-order chi connectivity index (χ1) is 7.18. The smallest absolute Gasteiger partial charge is 0.313 e. The van der Waals surface area contributed by atoms with Gasteiger partial charge in [-0.25, -0.2) is 9.18 Å². The second kappa shape index (κ2) is 4.71. The number of nitrogens with zero attached hydrogens (tertiary/aromatic N) is 1. The molecule has 0 unspecified atom stereocenters. The van der Waals surface area contributed by atoms with Crippen LogP contribution in [0.15, 0.2) is 34.2 Å². The van der Waals surface area contributed by atoms with E-state index >= 15 is 0 Å². The molecule has 5 nitrogen and oxygen atoms in total. The number of aromatic amines is 2. The lowest BCUT2D eigenvalue weighted by molar-refractivity contribution is 0.624. The molecule has 0 amide bonds. The predicted octanol–water partition coefficient (Wildman–Crippen LogP) is 0.686. The highest BCUT2D eigenvalue weighted by Gasteiger charge is 2.08. The molecule has 0 aliphatic carbocycles. The van der Waals surface area contributed by atoms with Crippen LogP contribution < -0.4 is 11.2 Å². The second-order valence-electron chi connectivity index (χ2n) is 2.84. The maximum absolute atomic E-state index is 13.2. The molecule has 0 radical (unpaired) electrons. The first-order valence-corrected chi connectivity index (χ1v) is 4.10. The zero-order valence-electron chi connectivity index (χ0n) is 7.86. The Kier molecular flexibility index (Phi) is 3.57. The van der Waals surface area contributed by atoms with Crippen LogP contribution in [0.25, 0.3) is 11.1 Å². The molecule has 0 saturated carbocycles. The summed E-state index contributed by atoms with van der Waals surface area (Å²) in [6.07, 6.45) is 3.53. The van der Waals surface area contributed by atoms with Gasteiger partial charge in [0.2, 0.25) is 0 Å². The summed E-state index contributed by atoms with van der Waals surface area (Å²) < 4.78 is 13.2. The molecule has 0 saturated heterocycles. The Morgan fingerprint density at radius 1 is 1.25 bits per heavy atom. The standard InChI is InChI=1S/C9H6FN3O2.ClH/c10-7-4-11-2-1-5(7)6-3-12-9(15)13-8(6)14;/h1-4H,(H2,12,13,14,15);1H. The average molecular weight is 244 g/mol. The Morgan fingerprint density at radius 3 is 2.62 bits per heavy atom. The molecule has 0 fully saturated rings. The summed E-state index contributed by atoms with van der Waals surface area (Å²) in [5.41, 5.74) is -1.10. The first-order valence-electron chi connectivity index (χ1n) is 4.10. The summed E-state index contributed by atoms with van der Waals surface area (Å²) in [5, 5.41) is 0. The SMILES string of the molecule is Cl.O=c1[nH]cc(-c2ccncc2F)c(=O)[nH]1. The minimum absolute atomic E-state index is 0. The number of aromatic nitrogens is 3. The Hall–Kier alpha value is -1.95. The molecule has 2 aromatic heterocycles. The van der Waals surface area contributed by atoms with E-state index in [1.54, 1.807) is 0 Å². The average Bonchev–Trinajstić information content (AvgIpc) is 2.20. The lowest BCUT2D eigenvalue weighted by Crippen LogP contribution is -2.22. The molecule has 0 aliphatic rings. The number of hydrogen-bond donors (Lipinski definition) is 2. The molecular formula is C9H7ClFN3O2. The van der Waals surface area contributed by atoms with E-state index in [1.165, 1.54) is 18.5 Å². The first kappa shape index (κ1) is 12.1. The van der Waals surface area contributed by atoms with Crippen molar-refractivity contribution in [1.29, 1.82) is 0 Å². The van der Waals surface area contributed by atoms with Crippen LogP contribution in [0.4, 0.5) is 4.39 Å². The summed E-state index contributed by atoms with van der Waals surface area (Å²) in [5.74, 6) is -0.616. The van der Waals surface area contributed by atoms with Gasteiger partial charge in [0.05, 0.1) is 11.8 Å². The highest BCUT2D eigenvalue weighted by atomic mass is 35.5. The van der Waals surface area contributed by atoms with Crippen LogP contribution in [-0.4, -0.2) is 15.0 Å². The molecule has 2 aromatic rings. The van der Waals surface area contributed by atoms with Gasteiger partial charge in [0.25, 0.3) is 5.56 Å². The Balaban J connectivity index is 0.00000128. The summed E-state index contributed by atoms with van der Waals surface area (Å²) >= 11 is 0. The Labute approximate surface area is 94.8 Å². The van der Waals surface area contributed by atoms with Crippen molar-refractivity contribution in [3.63, 3.8) is 0 Å². The molecule has 7 heteroatoms. The van der Waals surface area contributed by atoms with Gasteiger partial charge in [0.15, 0.2) is 0 Å². The Bertz CT molecular complexity index is 608. The number of rotatable bonds is 1. The number of pyridine rings is 1. The molecule has 84 valence electrons. The Morgan fingerprint density at radius 2 is 2.00 bits per heavy atom. The van der Waals surface area contributed by atoms with Crippen molar-refractivity contribution in [1.82, 2.24) is 15.0 Å². The summed E-state index contributed by atoms with van der Waals surface area (Å²) in [7, 11) is 0. The number of nitrogens with one attached hydrogen (secondary N) is 2. The summed E-state index contributed by atoms with van der Waals surface area (Å²) in [4.78, 5) is 29.9. The fourth-order valence-electron chi connectivity index (χ4n) is 1.20. The number of halogens is 2. The van der Waals surface area contributed by atoms with Crippen LogP contribution >= 0.6 is 12.4 Å². The fourth-order valence-corrected chi connectivity index (χ4v) is 1.20. The third-order valence-electron chi connectivity index (χ3n) is 1.88. The normalized spacial score (nSPS) is 9.56. The van der Waals surface area contributed by atoms with Crippen LogP contribution in [0.2, 0.25) is 0 Å². The van der Waals surface area contributed by atoms with Gasteiger partial charge in [-0.2, -0.15) is 0 Å². The van der Waals surface area contributed by atoms with Gasteiger partial charge in [-0.1, -0.05) is 0 Å². The number of H-pyrrole nitrogens is 2. The van der Waals surface area contributed by atoms with E-state index in [0.717, 1.165) is 6.20 Å². The largest absolute Gasteiger partial charge is 0.325 e. The van der Waals surface area contributed by atoms with Gasteiger partial charge in [-0.15, -0.1) is 12.4 Å². The van der Waals surface area contributed by atoms with E-state index in [9.17, 15) is 14.0 Å². The second-order valence-corrected chi connectivity index (χ2v) is 2.84. The van der Waals surface area contributed by atoms with Crippen LogP contribution in [0.1, 0.15) is 0 Å². The minimum Gasteiger partial charge on any atom is -0.313 e. The molecular weight excluding hydrogens is 237 g/mol. The summed E-state index contributed by atoms with van der Waals surface area (Å²) in [6, 6.07) is 1.36. The van der Waals surface area contributed by atoms with Crippen LogP contribution in [-0.2, 0) is 0 Å².